The van der Waals surface area contributed by atoms with Crippen LogP contribution in [0, 0.1) is 11.8 Å². The summed E-state index contributed by atoms with van der Waals surface area (Å²) in [7, 11) is 0. The van der Waals surface area contributed by atoms with Crippen molar-refractivity contribution >= 4 is 5.97 Å². The van der Waals surface area contributed by atoms with Gasteiger partial charge in [0.1, 0.15) is 0 Å². The Bertz CT molecular complexity index is 263. The third kappa shape index (κ3) is 9.07. The van der Waals surface area contributed by atoms with E-state index in [1.165, 1.54) is 6.42 Å². The van der Waals surface area contributed by atoms with E-state index in [-0.39, 0.29) is 5.97 Å². The van der Waals surface area contributed by atoms with E-state index < -0.39 is 6.10 Å². The molecule has 3 nitrogen and oxygen atoms in total. The number of esters is 1. The van der Waals surface area contributed by atoms with Crippen LogP contribution in [0.3, 0.4) is 0 Å². The zero-order valence-corrected chi connectivity index (χ0v) is 12.0. The van der Waals surface area contributed by atoms with Crippen LogP contribution in [0.25, 0.3) is 0 Å². The first kappa shape index (κ1) is 17.0. The van der Waals surface area contributed by atoms with Crippen LogP contribution in [-0.2, 0) is 14.3 Å². The van der Waals surface area contributed by atoms with Gasteiger partial charge in [-0.15, -0.1) is 11.8 Å². The Balaban J connectivity index is 3.81. The first-order valence-electron chi connectivity index (χ1n) is 7.00. The summed E-state index contributed by atoms with van der Waals surface area (Å²) in [5, 5.41) is 0. The van der Waals surface area contributed by atoms with Gasteiger partial charge in [0.25, 0.3) is 0 Å². The largest absolute Gasteiger partial charge is 0.464 e. The van der Waals surface area contributed by atoms with Crippen molar-refractivity contribution in [1.29, 1.82) is 0 Å². The van der Waals surface area contributed by atoms with Gasteiger partial charge in [0.15, 0.2) is 6.10 Å². The smallest absolute Gasteiger partial charge is 0.335 e. The van der Waals surface area contributed by atoms with Crippen molar-refractivity contribution in [1.82, 2.24) is 0 Å². The fourth-order valence-electron chi connectivity index (χ4n) is 1.46. The van der Waals surface area contributed by atoms with E-state index in [0.717, 1.165) is 19.3 Å². The summed E-state index contributed by atoms with van der Waals surface area (Å²) in [6, 6.07) is 0. The van der Waals surface area contributed by atoms with E-state index in [2.05, 4.69) is 18.8 Å². The van der Waals surface area contributed by atoms with E-state index in [4.69, 9.17) is 9.47 Å². The minimum Gasteiger partial charge on any atom is -0.464 e. The molecule has 0 bridgehead atoms. The summed E-state index contributed by atoms with van der Waals surface area (Å²) in [4.78, 5) is 11.6. The predicted octanol–water partition coefficient (Wildman–Crippen LogP) is 3.32. The highest BCUT2D eigenvalue weighted by Gasteiger charge is 2.18. The summed E-state index contributed by atoms with van der Waals surface area (Å²) in [5.74, 6) is 5.91. The van der Waals surface area contributed by atoms with Gasteiger partial charge in [0.2, 0.25) is 0 Å². The lowest BCUT2D eigenvalue weighted by molar-refractivity contribution is -0.157. The molecule has 0 fully saturated rings. The van der Waals surface area contributed by atoms with Crippen molar-refractivity contribution in [3.05, 3.63) is 0 Å². The van der Waals surface area contributed by atoms with Crippen LogP contribution in [0.15, 0.2) is 0 Å². The normalized spacial score (nSPS) is 11.5. The van der Waals surface area contributed by atoms with Crippen molar-refractivity contribution in [2.45, 2.75) is 65.4 Å². The lowest BCUT2D eigenvalue weighted by Crippen LogP contribution is -2.26. The number of unbranched alkanes of at least 4 members (excludes halogenated alkanes) is 2. The highest BCUT2D eigenvalue weighted by atomic mass is 16.6. The minimum atomic E-state index is -0.424. The van der Waals surface area contributed by atoms with E-state index in [0.29, 0.717) is 26.1 Å². The van der Waals surface area contributed by atoms with Gasteiger partial charge in [-0.1, -0.05) is 26.7 Å². The molecule has 18 heavy (non-hydrogen) atoms. The van der Waals surface area contributed by atoms with Crippen molar-refractivity contribution in [3.63, 3.8) is 0 Å². The molecule has 0 aliphatic heterocycles. The molecule has 0 aromatic carbocycles. The topological polar surface area (TPSA) is 35.5 Å². The molecule has 0 radical (unpaired) electrons. The maximum absolute atomic E-state index is 11.6. The maximum atomic E-state index is 11.6. The Morgan fingerprint density at radius 1 is 1.11 bits per heavy atom. The minimum absolute atomic E-state index is 0.252. The monoisotopic (exact) mass is 254 g/mol. The molecule has 3 heteroatoms. The molecule has 1 atom stereocenters. The van der Waals surface area contributed by atoms with Gasteiger partial charge < -0.3 is 9.47 Å². The molecule has 0 rings (SSSR count). The highest BCUT2D eigenvalue weighted by molar-refractivity contribution is 5.74. The maximum Gasteiger partial charge on any atom is 0.335 e. The molecule has 0 heterocycles. The second-order valence-corrected chi connectivity index (χ2v) is 4.11. The van der Waals surface area contributed by atoms with Crippen molar-refractivity contribution in [2.75, 3.05) is 13.2 Å². The predicted molar refractivity (Wildman–Crippen MR) is 73.2 cm³/mol. The van der Waals surface area contributed by atoms with E-state index >= 15 is 0 Å². The average molecular weight is 254 g/mol. The van der Waals surface area contributed by atoms with Crippen LogP contribution in [-0.4, -0.2) is 25.3 Å². The first-order chi connectivity index (χ1) is 8.76. The molecule has 104 valence electrons. The number of carbonyl (C=O) groups excluding carboxylic acids is 1. The van der Waals surface area contributed by atoms with Crippen molar-refractivity contribution in [3.8, 4) is 11.8 Å². The van der Waals surface area contributed by atoms with E-state index in [1.807, 2.05) is 6.92 Å². The van der Waals surface area contributed by atoms with Crippen LogP contribution in [0.2, 0.25) is 0 Å². The molecule has 0 aromatic rings. The van der Waals surface area contributed by atoms with Crippen molar-refractivity contribution < 1.29 is 14.3 Å². The van der Waals surface area contributed by atoms with Gasteiger partial charge in [-0.25, -0.2) is 4.79 Å². The molecule has 0 aliphatic carbocycles. The Kier molecular flexibility index (Phi) is 11.7. The second-order valence-electron chi connectivity index (χ2n) is 4.11. The van der Waals surface area contributed by atoms with E-state index in [1.54, 1.807) is 6.92 Å². The summed E-state index contributed by atoms with van der Waals surface area (Å²) in [6.45, 7) is 6.89. The summed E-state index contributed by atoms with van der Waals surface area (Å²) in [5.41, 5.74) is 0. The van der Waals surface area contributed by atoms with Gasteiger partial charge in [-0.2, -0.15) is 0 Å². The fraction of sp³-hybridized carbons (Fsp3) is 0.800. The number of hydrogen-bond donors (Lipinski definition) is 0. The quantitative estimate of drug-likeness (QED) is 0.360. The van der Waals surface area contributed by atoms with Crippen LogP contribution >= 0.6 is 0 Å². The number of ether oxygens (including phenoxy) is 2. The van der Waals surface area contributed by atoms with Gasteiger partial charge in [0.05, 0.1) is 13.2 Å². The van der Waals surface area contributed by atoms with Crippen molar-refractivity contribution in [2.24, 2.45) is 0 Å². The van der Waals surface area contributed by atoms with Crippen LogP contribution < -0.4 is 0 Å². The molecule has 0 N–H and O–H groups in total. The first-order valence-corrected chi connectivity index (χ1v) is 7.00. The lowest BCUT2D eigenvalue weighted by atomic mass is 10.2. The number of hydrogen-bond acceptors (Lipinski definition) is 3. The lowest BCUT2D eigenvalue weighted by Gasteiger charge is -2.14. The third-order valence-electron chi connectivity index (χ3n) is 2.43. The SMILES string of the molecule is CCCCC#CCCOC(CCC)C(=O)OCC. The number of rotatable bonds is 9. The van der Waals surface area contributed by atoms with E-state index in [9.17, 15) is 4.79 Å². The van der Waals surface area contributed by atoms with Gasteiger partial charge in [-0.05, 0) is 19.8 Å². The van der Waals surface area contributed by atoms with Crippen LogP contribution in [0.1, 0.15) is 59.3 Å². The van der Waals surface area contributed by atoms with Gasteiger partial charge in [-0.3, -0.25) is 0 Å². The van der Waals surface area contributed by atoms with Crippen LogP contribution in [0.4, 0.5) is 0 Å². The molecule has 0 spiro atoms. The molecule has 0 amide bonds. The standard InChI is InChI=1S/C15H26O3/c1-4-7-8-9-10-11-13-18-14(12-5-2)15(16)17-6-3/h14H,4-8,11-13H2,1-3H3. The van der Waals surface area contributed by atoms with Gasteiger partial charge >= 0.3 is 5.97 Å². The Morgan fingerprint density at radius 3 is 2.44 bits per heavy atom. The molecular weight excluding hydrogens is 228 g/mol. The van der Waals surface area contributed by atoms with Crippen LogP contribution in [0.5, 0.6) is 0 Å². The molecule has 1 unspecified atom stereocenters. The molecule has 0 aliphatic rings. The Morgan fingerprint density at radius 2 is 1.83 bits per heavy atom. The molecule has 0 saturated heterocycles. The summed E-state index contributed by atoms with van der Waals surface area (Å²) in [6.07, 6.45) is 5.15. The Labute approximate surface area is 111 Å². The zero-order chi connectivity index (χ0) is 13.6. The average Bonchev–Trinajstić information content (AvgIpc) is 2.36. The molecular formula is C15H26O3. The highest BCUT2D eigenvalue weighted by Crippen LogP contribution is 2.05. The second kappa shape index (κ2) is 12.4. The Hall–Kier alpha value is -1.01. The summed E-state index contributed by atoms with van der Waals surface area (Å²) >= 11 is 0. The van der Waals surface area contributed by atoms with Gasteiger partial charge in [0, 0.05) is 12.8 Å². The summed E-state index contributed by atoms with van der Waals surface area (Å²) < 4.78 is 10.5. The molecule has 0 saturated carbocycles. The molecule has 0 aromatic heterocycles. The third-order valence-corrected chi connectivity index (χ3v) is 2.43. The fourth-order valence-corrected chi connectivity index (χ4v) is 1.46. The zero-order valence-electron chi connectivity index (χ0n) is 12.0. The number of carbonyl (C=O) groups is 1.